The van der Waals surface area contributed by atoms with Crippen molar-refractivity contribution in [2.24, 2.45) is 0 Å². The number of benzene rings is 1. The standard InChI is InChI=1S/C28H41NO6/c1-19-20(2)22(4)26-25(21(19)3)27(33)29(28(26)34)35-24(32)18-16-14-12-10-8-6-5-7-9-11-13-15-17-23(30)31/h5-18H2,1-4H3,(H,30,31). The van der Waals surface area contributed by atoms with Gasteiger partial charge in [0.25, 0.3) is 11.8 Å². The first-order chi connectivity index (χ1) is 16.7. The predicted octanol–water partition coefficient (Wildman–Crippen LogP) is 6.52. The van der Waals surface area contributed by atoms with Crippen LogP contribution in [0.25, 0.3) is 0 Å². The van der Waals surface area contributed by atoms with Crippen LogP contribution in [-0.2, 0) is 14.4 Å². The average Bonchev–Trinajstić information content (AvgIpc) is 3.06. The molecule has 194 valence electrons. The number of unbranched alkanes of at least 4 members (excludes halogenated alkanes) is 11. The lowest BCUT2D eigenvalue weighted by molar-refractivity contribution is -0.168. The van der Waals surface area contributed by atoms with Gasteiger partial charge < -0.3 is 9.94 Å². The van der Waals surface area contributed by atoms with Crippen LogP contribution in [0.1, 0.15) is 133 Å². The Hall–Kier alpha value is -2.70. The Kier molecular flexibility index (Phi) is 11.4. The number of fused-ring (bicyclic) bond motifs is 1. The lowest BCUT2D eigenvalue weighted by atomic mass is 9.90. The van der Waals surface area contributed by atoms with Gasteiger partial charge in [0.2, 0.25) is 0 Å². The molecule has 0 saturated carbocycles. The number of carbonyl (C=O) groups excluding carboxylic acids is 3. The van der Waals surface area contributed by atoms with E-state index in [1.807, 2.05) is 27.7 Å². The fourth-order valence-corrected chi connectivity index (χ4v) is 4.69. The summed E-state index contributed by atoms with van der Waals surface area (Å²) in [5.74, 6) is -2.36. The molecule has 1 aliphatic rings. The van der Waals surface area contributed by atoms with E-state index in [2.05, 4.69) is 0 Å². The van der Waals surface area contributed by atoms with Gasteiger partial charge in [0.1, 0.15) is 0 Å². The predicted molar refractivity (Wildman–Crippen MR) is 134 cm³/mol. The summed E-state index contributed by atoms with van der Waals surface area (Å²) in [6.45, 7) is 7.50. The van der Waals surface area contributed by atoms with Gasteiger partial charge in [-0.2, -0.15) is 0 Å². The summed E-state index contributed by atoms with van der Waals surface area (Å²) in [6.07, 6.45) is 13.1. The highest BCUT2D eigenvalue weighted by molar-refractivity contribution is 6.22. The normalized spacial score (nSPS) is 12.9. The van der Waals surface area contributed by atoms with Gasteiger partial charge in [-0.05, 0) is 62.8 Å². The van der Waals surface area contributed by atoms with Crippen molar-refractivity contribution >= 4 is 23.8 Å². The van der Waals surface area contributed by atoms with Crippen molar-refractivity contribution < 1.29 is 29.1 Å². The molecular formula is C28H41NO6. The molecule has 7 heteroatoms. The third-order valence-electron chi connectivity index (χ3n) is 7.20. The molecule has 1 aromatic carbocycles. The zero-order valence-electron chi connectivity index (χ0n) is 21.8. The summed E-state index contributed by atoms with van der Waals surface area (Å²) in [4.78, 5) is 53.5. The molecule has 0 aliphatic carbocycles. The second kappa shape index (κ2) is 14.0. The smallest absolute Gasteiger partial charge is 0.333 e. The molecule has 35 heavy (non-hydrogen) atoms. The van der Waals surface area contributed by atoms with E-state index in [0.29, 0.717) is 22.6 Å². The molecule has 1 N–H and O–H groups in total. The number of amides is 2. The van der Waals surface area contributed by atoms with Gasteiger partial charge in [0.05, 0.1) is 11.1 Å². The summed E-state index contributed by atoms with van der Waals surface area (Å²) in [7, 11) is 0. The summed E-state index contributed by atoms with van der Waals surface area (Å²) in [6, 6.07) is 0. The number of aliphatic carboxylic acids is 1. The van der Waals surface area contributed by atoms with Crippen LogP contribution in [0.3, 0.4) is 0 Å². The van der Waals surface area contributed by atoms with Crippen LogP contribution in [0.2, 0.25) is 0 Å². The minimum Gasteiger partial charge on any atom is -0.481 e. The van der Waals surface area contributed by atoms with E-state index in [0.717, 1.165) is 60.8 Å². The lowest BCUT2D eigenvalue weighted by Gasteiger charge is -2.12. The molecule has 2 rings (SSSR count). The number of hydrogen-bond donors (Lipinski definition) is 1. The number of imide groups is 1. The zero-order valence-corrected chi connectivity index (χ0v) is 21.8. The van der Waals surface area contributed by atoms with Gasteiger partial charge in [-0.3, -0.25) is 14.4 Å². The maximum absolute atomic E-state index is 12.8. The third kappa shape index (κ3) is 7.91. The van der Waals surface area contributed by atoms with E-state index in [1.165, 1.54) is 32.1 Å². The average molecular weight is 488 g/mol. The fraction of sp³-hybridized carbons (Fsp3) is 0.643. The van der Waals surface area contributed by atoms with Crippen molar-refractivity contribution in [3.63, 3.8) is 0 Å². The lowest BCUT2D eigenvalue weighted by Crippen LogP contribution is -2.32. The van der Waals surface area contributed by atoms with Crippen LogP contribution in [0.5, 0.6) is 0 Å². The molecule has 1 aliphatic heterocycles. The van der Waals surface area contributed by atoms with Crippen LogP contribution >= 0.6 is 0 Å². The number of carbonyl (C=O) groups is 4. The molecular weight excluding hydrogens is 446 g/mol. The number of carboxylic acid groups (broad SMARTS) is 1. The molecule has 0 radical (unpaired) electrons. The van der Waals surface area contributed by atoms with Crippen molar-refractivity contribution in [2.75, 3.05) is 0 Å². The molecule has 0 spiro atoms. The highest BCUT2D eigenvalue weighted by Crippen LogP contribution is 2.33. The van der Waals surface area contributed by atoms with Crippen molar-refractivity contribution in [3.8, 4) is 0 Å². The van der Waals surface area contributed by atoms with Gasteiger partial charge in [0, 0.05) is 12.8 Å². The SMILES string of the molecule is Cc1c(C)c(C)c2c(c1C)C(=O)N(OC(=O)CCCCCCCCCCCCCCC(=O)O)C2=O. The first-order valence-corrected chi connectivity index (χ1v) is 13.1. The molecule has 0 saturated heterocycles. The minimum absolute atomic E-state index is 0.186. The second-order valence-electron chi connectivity index (χ2n) is 9.75. The maximum Gasteiger partial charge on any atom is 0.333 e. The van der Waals surface area contributed by atoms with E-state index in [-0.39, 0.29) is 12.8 Å². The van der Waals surface area contributed by atoms with E-state index < -0.39 is 23.8 Å². The van der Waals surface area contributed by atoms with Crippen LogP contribution in [-0.4, -0.2) is 33.9 Å². The number of nitrogens with zero attached hydrogens (tertiary/aromatic N) is 1. The van der Waals surface area contributed by atoms with E-state index in [9.17, 15) is 19.2 Å². The van der Waals surface area contributed by atoms with E-state index in [4.69, 9.17) is 9.94 Å². The highest BCUT2D eigenvalue weighted by Gasteiger charge is 2.42. The minimum atomic E-state index is -0.708. The zero-order chi connectivity index (χ0) is 26.0. The Balaban J connectivity index is 1.58. The largest absolute Gasteiger partial charge is 0.481 e. The Morgan fingerprint density at radius 2 is 0.943 bits per heavy atom. The fourth-order valence-electron chi connectivity index (χ4n) is 4.69. The number of rotatable bonds is 16. The highest BCUT2D eigenvalue weighted by atomic mass is 16.7. The Bertz CT molecular complexity index is 889. The second-order valence-corrected chi connectivity index (χ2v) is 9.75. The van der Waals surface area contributed by atoms with Crippen LogP contribution in [0.15, 0.2) is 0 Å². The molecule has 0 bridgehead atoms. The monoisotopic (exact) mass is 487 g/mol. The van der Waals surface area contributed by atoms with Crippen LogP contribution in [0.4, 0.5) is 0 Å². The molecule has 7 nitrogen and oxygen atoms in total. The van der Waals surface area contributed by atoms with Crippen LogP contribution < -0.4 is 0 Å². The first kappa shape index (κ1) is 28.5. The molecule has 2 amide bonds. The molecule has 1 aromatic rings. The van der Waals surface area contributed by atoms with Gasteiger partial charge in [0.15, 0.2) is 0 Å². The molecule has 0 unspecified atom stereocenters. The van der Waals surface area contributed by atoms with Crippen LogP contribution in [0, 0.1) is 27.7 Å². The Morgan fingerprint density at radius 3 is 1.31 bits per heavy atom. The Labute approximate surface area is 209 Å². The summed E-state index contributed by atoms with van der Waals surface area (Å²) in [5, 5.41) is 9.24. The third-order valence-corrected chi connectivity index (χ3v) is 7.20. The topological polar surface area (TPSA) is 101 Å². The van der Waals surface area contributed by atoms with E-state index in [1.54, 1.807) is 0 Å². The number of hydrogen-bond acceptors (Lipinski definition) is 5. The number of carboxylic acids is 1. The van der Waals surface area contributed by atoms with Crippen molar-refractivity contribution in [3.05, 3.63) is 33.4 Å². The molecule has 0 atom stereocenters. The van der Waals surface area contributed by atoms with Crippen molar-refractivity contribution in [2.45, 2.75) is 118 Å². The summed E-state index contributed by atoms with van der Waals surface area (Å²) < 4.78 is 0. The summed E-state index contributed by atoms with van der Waals surface area (Å²) in [5.41, 5.74) is 4.17. The Morgan fingerprint density at radius 1 is 0.600 bits per heavy atom. The van der Waals surface area contributed by atoms with Gasteiger partial charge >= 0.3 is 11.9 Å². The van der Waals surface area contributed by atoms with Crippen molar-refractivity contribution in [1.82, 2.24) is 5.06 Å². The van der Waals surface area contributed by atoms with Gasteiger partial charge in [-0.25, -0.2) is 4.79 Å². The van der Waals surface area contributed by atoms with Crippen molar-refractivity contribution in [1.29, 1.82) is 0 Å². The van der Waals surface area contributed by atoms with E-state index >= 15 is 0 Å². The number of hydroxylamine groups is 2. The molecule has 0 aromatic heterocycles. The van der Waals surface area contributed by atoms with Gasteiger partial charge in [-0.1, -0.05) is 69.3 Å². The molecule has 0 fully saturated rings. The summed E-state index contributed by atoms with van der Waals surface area (Å²) >= 11 is 0. The quantitative estimate of drug-likeness (QED) is 0.210. The first-order valence-electron chi connectivity index (χ1n) is 13.1. The van der Waals surface area contributed by atoms with Gasteiger partial charge in [-0.15, -0.1) is 0 Å². The maximum atomic E-state index is 12.8. The molecule has 1 heterocycles.